The molecule has 7 heteroatoms. The van der Waals surface area contributed by atoms with Crippen LogP contribution in [0.4, 0.5) is 10.6 Å². The third kappa shape index (κ3) is 4.79. The lowest BCUT2D eigenvalue weighted by Crippen LogP contribution is -2.50. The number of aliphatic hydroxyl groups is 1. The summed E-state index contributed by atoms with van der Waals surface area (Å²) in [6, 6.07) is 7.01. The van der Waals surface area contributed by atoms with Gasteiger partial charge >= 0.3 is 6.03 Å². The van der Waals surface area contributed by atoms with Crippen molar-refractivity contribution in [1.29, 1.82) is 0 Å². The second kappa shape index (κ2) is 7.73. The number of aliphatic hydroxyl groups excluding tert-OH is 1. The minimum Gasteiger partial charge on any atom is -0.394 e. The SMILES string of the molecule is CCCC(C)(CO)NC(=O)Nc1ccnn1Cc1ccccn1. The Hall–Kier alpha value is -2.41. The molecule has 0 aliphatic heterocycles. The summed E-state index contributed by atoms with van der Waals surface area (Å²) in [4.78, 5) is 16.4. The maximum Gasteiger partial charge on any atom is 0.320 e. The topological polar surface area (TPSA) is 92.1 Å². The Bertz CT molecular complexity index is 628. The molecule has 2 aromatic rings. The smallest absolute Gasteiger partial charge is 0.320 e. The molecular formula is C16H23N5O2. The largest absolute Gasteiger partial charge is 0.394 e. The number of anilines is 1. The molecule has 0 spiro atoms. The molecule has 0 saturated carbocycles. The van der Waals surface area contributed by atoms with Crippen molar-refractivity contribution in [2.75, 3.05) is 11.9 Å². The Morgan fingerprint density at radius 3 is 2.83 bits per heavy atom. The number of amides is 2. The molecule has 0 bridgehead atoms. The average Bonchev–Trinajstić information content (AvgIpc) is 2.95. The quantitative estimate of drug-likeness (QED) is 0.728. The van der Waals surface area contributed by atoms with Gasteiger partial charge in [0.15, 0.2) is 0 Å². The van der Waals surface area contributed by atoms with E-state index in [0.717, 1.165) is 12.1 Å². The lowest BCUT2D eigenvalue weighted by Gasteiger charge is -2.28. The monoisotopic (exact) mass is 317 g/mol. The van der Waals surface area contributed by atoms with Crippen LogP contribution < -0.4 is 10.6 Å². The highest BCUT2D eigenvalue weighted by molar-refractivity contribution is 5.88. The number of urea groups is 1. The molecule has 7 nitrogen and oxygen atoms in total. The van der Waals surface area contributed by atoms with Crippen LogP contribution in [0.1, 0.15) is 32.4 Å². The van der Waals surface area contributed by atoms with Crippen LogP contribution in [0.5, 0.6) is 0 Å². The molecule has 1 atom stereocenters. The standard InChI is InChI=1S/C16H23N5O2/c1-3-8-16(2,12-22)20-15(23)19-14-7-10-18-21(14)11-13-6-4-5-9-17-13/h4-7,9-10,22H,3,8,11-12H2,1-2H3,(H2,19,20,23). The summed E-state index contributed by atoms with van der Waals surface area (Å²) in [5.41, 5.74) is 0.218. The average molecular weight is 317 g/mol. The number of pyridine rings is 1. The van der Waals surface area contributed by atoms with Gasteiger partial charge in [-0.2, -0.15) is 5.10 Å². The van der Waals surface area contributed by atoms with Gasteiger partial charge in [-0.25, -0.2) is 9.48 Å². The van der Waals surface area contributed by atoms with Crippen LogP contribution in [0.3, 0.4) is 0 Å². The van der Waals surface area contributed by atoms with Crippen LogP contribution in [0.25, 0.3) is 0 Å². The van der Waals surface area contributed by atoms with E-state index in [1.54, 1.807) is 23.1 Å². The first-order valence-electron chi connectivity index (χ1n) is 7.68. The fraction of sp³-hybridized carbons (Fsp3) is 0.438. The Balaban J connectivity index is 2.01. The minimum atomic E-state index is -0.634. The highest BCUT2D eigenvalue weighted by atomic mass is 16.3. The van der Waals surface area contributed by atoms with E-state index < -0.39 is 5.54 Å². The van der Waals surface area contributed by atoms with E-state index in [4.69, 9.17) is 0 Å². The molecule has 3 N–H and O–H groups in total. The van der Waals surface area contributed by atoms with Gasteiger partial charge in [0, 0.05) is 12.3 Å². The van der Waals surface area contributed by atoms with Gasteiger partial charge in [-0.05, 0) is 25.5 Å². The second-order valence-electron chi connectivity index (χ2n) is 5.74. The summed E-state index contributed by atoms with van der Waals surface area (Å²) >= 11 is 0. The van der Waals surface area contributed by atoms with E-state index in [2.05, 4.69) is 20.7 Å². The molecule has 2 heterocycles. The Kier molecular flexibility index (Phi) is 5.70. The maximum absolute atomic E-state index is 12.2. The third-order valence-electron chi connectivity index (χ3n) is 3.56. The number of nitrogens with one attached hydrogen (secondary N) is 2. The van der Waals surface area contributed by atoms with Crippen molar-refractivity contribution in [2.45, 2.75) is 38.8 Å². The first-order chi connectivity index (χ1) is 11.1. The molecule has 0 aliphatic carbocycles. The zero-order valence-electron chi connectivity index (χ0n) is 13.5. The number of hydrogen-bond donors (Lipinski definition) is 3. The number of carbonyl (C=O) groups excluding carboxylic acids is 1. The first-order valence-corrected chi connectivity index (χ1v) is 7.68. The fourth-order valence-corrected chi connectivity index (χ4v) is 2.36. The summed E-state index contributed by atoms with van der Waals surface area (Å²) in [7, 11) is 0. The summed E-state index contributed by atoms with van der Waals surface area (Å²) in [5.74, 6) is 0.574. The van der Waals surface area contributed by atoms with E-state index in [1.807, 2.05) is 32.0 Å². The highest BCUT2D eigenvalue weighted by Gasteiger charge is 2.24. The summed E-state index contributed by atoms with van der Waals surface area (Å²) in [6.07, 6.45) is 4.91. The van der Waals surface area contributed by atoms with Gasteiger partial charge in [0.05, 0.1) is 30.6 Å². The van der Waals surface area contributed by atoms with E-state index in [1.165, 1.54) is 0 Å². The lowest BCUT2D eigenvalue weighted by atomic mass is 9.98. The summed E-state index contributed by atoms with van der Waals surface area (Å²) in [5, 5.41) is 19.3. The maximum atomic E-state index is 12.2. The molecule has 2 amide bonds. The zero-order valence-corrected chi connectivity index (χ0v) is 13.5. The molecule has 0 aliphatic rings. The van der Waals surface area contributed by atoms with Crippen LogP contribution in [0.15, 0.2) is 36.7 Å². The Morgan fingerprint density at radius 1 is 1.35 bits per heavy atom. The van der Waals surface area contributed by atoms with Crippen molar-refractivity contribution in [1.82, 2.24) is 20.1 Å². The van der Waals surface area contributed by atoms with Gasteiger partial charge in [0.25, 0.3) is 0 Å². The van der Waals surface area contributed by atoms with Crippen molar-refractivity contribution < 1.29 is 9.90 Å². The Morgan fingerprint density at radius 2 is 2.17 bits per heavy atom. The van der Waals surface area contributed by atoms with E-state index in [0.29, 0.717) is 18.8 Å². The predicted molar refractivity (Wildman–Crippen MR) is 88.1 cm³/mol. The van der Waals surface area contributed by atoms with Crippen molar-refractivity contribution in [3.63, 3.8) is 0 Å². The van der Waals surface area contributed by atoms with E-state index in [9.17, 15) is 9.90 Å². The van der Waals surface area contributed by atoms with Gasteiger partial charge in [-0.15, -0.1) is 0 Å². The van der Waals surface area contributed by atoms with Crippen LogP contribution >= 0.6 is 0 Å². The molecule has 0 saturated heterocycles. The van der Waals surface area contributed by atoms with Gasteiger partial charge in [-0.1, -0.05) is 19.4 Å². The zero-order chi connectivity index (χ0) is 16.7. The van der Waals surface area contributed by atoms with Crippen LogP contribution in [0.2, 0.25) is 0 Å². The van der Waals surface area contributed by atoms with Gasteiger partial charge in [0.1, 0.15) is 5.82 Å². The first kappa shape index (κ1) is 17.0. The third-order valence-corrected chi connectivity index (χ3v) is 3.56. The molecular weight excluding hydrogens is 294 g/mol. The molecule has 1 unspecified atom stereocenters. The number of carbonyl (C=O) groups is 1. The van der Waals surface area contributed by atoms with E-state index >= 15 is 0 Å². The minimum absolute atomic E-state index is 0.110. The van der Waals surface area contributed by atoms with Crippen LogP contribution in [-0.2, 0) is 6.54 Å². The molecule has 124 valence electrons. The van der Waals surface area contributed by atoms with Gasteiger partial charge in [-0.3, -0.25) is 10.3 Å². The second-order valence-corrected chi connectivity index (χ2v) is 5.74. The Labute approximate surface area is 135 Å². The molecule has 2 aromatic heterocycles. The molecule has 0 fully saturated rings. The van der Waals surface area contributed by atoms with Crippen LogP contribution in [0, 0.1) is 0 Å². The molecule has 0 radical (unpaired) electrons. The van der Waals surface area contributed by atoms with Crippen molar-refractivity contribution >= 4 is 11.8 Å². The normalized spacial score (nSPS) is 13.3. The fourth-order valence-electron chi connectivity index (χ4n) is 2.36. The summed E-state index contributed by atoms with van der Waals surface area (Å²) in [6.45, 7) is 4.19. The molecule has 0 aromatic carbocycles. The van der Waals surface area contributed by atoms with Crippen molar-refractivity contribution in [3.8, 4) is 0 Å². The predicted octanol–water partition coefficient (Wildman–Crippen LogP) is 2.00. The number of rotatable bonds is 7. The van der Waals surface area contributed by atoms with Gasteiger partial charge < -0.3 is 10.4 Å². The van der Waals surface area contributed by atoms with Crippen molar-refractivity contribution in [3.05, 3.63) is 42.4 Å². The molecule has 23 heavy (non-hydrogen) atoms. The summed E-state index contributed by atoms with van der Waals surface area (Å²) < 4.78 is 1.66. The van der Waals surface area contributed by atoms with Crippen molar-refractivity contribution in [2.24, 2.45) is 0 Å². The van der Waals surface area contributed by atoms with Gasteiger partial charge in [0.2, 0.25) is 0 Å². The number of hydrogen-bond acceptors (Lipinski definition) is 4. The number of aromatic nitrogens is 3. The number of nitrogens with zero attached hydrogens (tertiary/aromatic N) is 3. The molecule has 2 rings (SSSR count). The highest BCUT2D eigenvalue weighted by Crippen LogP contribution is 2.13. The van der Waals surface area contributed by atoms with E-state index in [-0.39, 0.29) is 12.6 Å². The lowest BCUT2D eigenvalue weighted by molar-refractivity contribution is 0.167. The van der Waals surface area contributed by atoms with Crippen LogP contribution in [-0.4, -0.2) is 38.0 Å².